The van der Waals surface area contributed by atoms with Gasteiger partial charge in [0, 0.05) is 6.07 Å². The van der Waals surface area contributed by atoms with Gasteiger partial charge in [0.2, 0.25) is 5.91 Å². The number of benzene rings is 1. The maximum absolute atomic E-state index is 13.2. The summed E-state index contributed by atoms with van der Waals surface area (Å²) in [4.78, 5) is 11.1. The van der Waals surface area contributed by atoms with Crippen LogP contribution in [0.2, 0.25) is 0 Å². The Morgan fingerprint density at radius 1 is 1.40 bits per heavy atom. The molecule has 2 nitrogen and oxygen atoms in total. The summed E-state index contributed by atoms with van der Waals surface area (Å²) in [6.07, 6.45) is 0. The van der Waals surface area contributed by atoms with E-state index in [1.807, 2.05) is 0 Å². The summed E-state index contributed by atoms with van der Waals surface area (Å²) in [5.41, 5.74) is -0.0139. The van der Waals surface area contributed by atoms with E-state index in [4.69, 9.17) is 11.6 Å². The van der Waals surface area contributed by atoms with E-state index in [1.54, 1.807) is 0 Å². The molecule has 0 saturated heterocycles. The molecule has 1 amide bonds. The lowest BCUT2D eigenvalue weighted by Gasteiger charge is -2.08. The maximum Gasteiger partial charge on any atom is 0.242 e. The summed E-state index contributed by atoms with van der Waals surface area (Å²) in [6.45, 7) is 2.88. The van der Waals surface area contributed by atoms with E-state index in [1.165, 1.54) is 13.8 Å². The number of carbonyl (C=O) groups is 1. The predicted molar refractivity (Wildman–Crippen MR) is 55.0 cm³/mol. The lowest BCUT2D eigenvalue weighted by molar-refractivity contribution is -0.115. The zero-order valence-electron chi connectivity index (χ0n) is 8.27. The molecule has 0 aliphatic heterocycles. The Kier molecular flexibility index (Phi) is 3.63. The molecule has 0 spiro atoms. The van der Waals surface area contributed by atoms with Crippen molar-refractivity contribution >= 4 is 23.2 Å². The molecule has 1 N–H and O–H groups in total. The van der Waals surface area contributed by atoms with Crippen LogP contribution in [0.4, 0.5) is 14.5 Å². The third kappa shape index (κ3) is 2.89. The maximum atomic E-state index is 13.2. The number of rotatable bonds is 2. The highest BCUT2D eigenvalue weighted by Crippen LogP contribution is 2.19. The smallest absolute Gasteiger partial charge is 0.242 e. The van der Waals surface area contributed by atoms with Crippen molar-refractivity contribution in [3.63, 3.8) is 0 Å². The number of carbonyl (C=O) groups excluding carboxylic acids is 1. The van der Waals surface area contributed by atoms with E-state index < -0.39 is 22.9 Å². The van der Waals surface area contributed by atoms with Crippen molar-refractivity contribution in [2.75, 3.05) is 5.32 Å². The molecule has 0 saturated carbocycles. The van der Waals surface area contributed by atoms with Crippen LogP contribution in [-0.2, 0) is 4.79 Å². The number of amides is 1. The SMILES string of the molecule is Cc1cc(F)c(NC(=O)C(C)Cl)cc1F. The minimum absolute atomic E-state index is 0.185. The van der Waals surface area contributed by atoms with E-state index in [9.17, 15) is 13.6 Å². The normalized spacial score (nSPS) is 12.3. The molecule has 15 heavy (non-hydrogen) atoms. The number of halogens is 3. The standard InChI is InChI=1S/C10H10ClF2NO/c1-5-3-8(13)9(4-7(5)12)14-10(15)6(2)11/h3-4,6H,1-2H3,(H,14,15). The van der Waals surface area contributed by atoms with Crippen LogP contribution in [0.15, 0.2) is 12.1 Å². The number of hydrogen-bond acceptors (Lipinski definition) is 1. The summed E-state index contributed by atoms with van der Waals surface area (Å²) in [7, 11) is 0. The predicted octanol–water partition coefficient (Wildman–Crippen LogP) is 2.84. The third-order valence-electron chi connectivity index (χ3n) is 1.87. The summed E-state index contributed by atoms with van der Waals surface area (Å²) < 4.78 is 26.3. The molecule has 1 unspecified atom stereocenters. The fourth-order valence-electron chi connectivity index (χ4n) is 0.974. The van der Waals surface area contributed by atoms with Crippen LogP contribution >= 0.6 is 11.6 Å². The molecule has 0 heterocycles. The van der Waals surface area contributed by atoms with Crippen LogP contribution in [-0.4, -0.2) is 11.3 Å². The van der Waals surface area contributed by atoms with Crippen LogP contribution in [0.5, 0.6) is 0 Å². The van der Waals surface area contributed by atoms with Crippen molar-refractivity contribution in [2.24, 2.45) is 0 Å². The Balaban J connectivity index is 2.96. The molecular formula is C10H10ClF2NO. The summed E-state index contributed by atoms with van der Waals surface area (Å²) in [6, 6.07) is 1.95. The van der Waals surface area contributed by atoms with Crippen LogP contribution in [0.25, 0.3) is 0 Å². The van der Waals surface area contributed by atoms with Gasteiger partial charge in [-0.05, 0) is 25.5 Å². The second-order valence-electron chi connectivity index (χ2n) is 3.19. The largest absolute Gasteiger partial charge is 0.322 e. The first-order chi connectivity index (χ1) is 6.91. The Labute approximate surface area is 91.2 Å². The van der Waals surface area contributed by atoms with Gasteiger partial charge in [-0.2, -0.15) is 0 Å². The van der Waals surface area contributed by atoms with E-state index >= 15 is 0 Å². The van der Waals surface area contributed by atoms with Gasteiger partial charge in [-0.1, -0.05) is 0 Å². The van der Waals surface area contributed by atoms with Crippen molar-refractivity contribution in [1.82, 2.24) is 0 Å². The van der Waals surface area contributed by atoms with Crippen molar-refractivity contribution in [3.8, 4) is 0 Å². The van der Waals surface area contributed by atoms with E-state index in [0.717, 1.165) is 12.1 Å². The number of aryl methyl sites for hydroxylation is 1. The quantitative estimate of drug-likeness (QED) is 0.782. The average molecular weight is 234 g/mol. The Morgan fingerprint density at radius 2 is 2.00 bits per heavy atom. The molecule has 0 radical (unpaired) electrons. The van der Waals surface area contributed by atoms with Gasteiger partial charge in [0.05, 0.1) is 5.69 Å². The van der Waals surface area contributed by atoms with Crippen molar-refractivity contribution < 1.29 is 13.6 Å². The van der Waals surface area contributed by atoms with Crippen LogP contribution in [0, 0.1) is 18.6 Å². The second kappa shape index (κ2) is 4.57. The monoisotopic (exact) mass is 233 g/mol. The summed E-state index contributed by atoms with van der Waals surface area (Å²) in [5.74, 6) is -1.83. The highest BCUT2D eigenvalue weighted by atomic mass is 35.5. The van der Waals surface area contributed by atoms with Crippen molar-refractivity contribution in [2.45, 2.75) is 19.2 Å². The molecule has 1 aromatic carbocycles. The first kappa shape index (κ1) is 11.9. The molecule has 0 fully saturated rings. The molecular weight excluding hydrogens is 224 g/mol. The first-order valence-corrected chi connectivity index (χ1v) is 4.76. The highest BCUT2D eigenvalue weighted by Gasteiger charge is 2.13. The zero-order chi connectivity index (χ0) is 11.6. The van der Waals surface area contributed by atoms with Crippen LogP contribution < -0.4 is 5.32 Å². The summed E-state index contributed by atoms with van der Waals surface area (Å²) in [5, 5.41) is 1.39. The third-order valence-corrected chi connectivity index (χ3v) is 2.07. The molecule has 1 rings (SSSR count). The molecule has 5 heteroatoms. The minimum atomic E-state index is -0.797. The molecule has 82 valence electrons. The Bertz CT molecular complexity index is 393. The van der Waals surface area contributed by atoms with E-state index in [-0.39, 0.29) is 11.3 Å². The molecule has 1 atom stereocenters. The molecule has 0 aromatic heterocycles. The summed E-state index contributed by atoms with van der Waals surface area (Å²) >= 11 is 5.47. The fraction of sp³-hybridized carbons (Fsp3) is 0.300. The van der Waals surface area contributed by atoms with Crippen LogP contribution in [0.3, 0.4) is 0 Å². The second-order valence-corrected chi connectivity index (χ2v) is 3.84. The lowest BCUT2D eigenvalue weighted by atomic mass is 10.2. The van der Waals surface area contributed by atoms with E-state index in [2.05, 4.69) is 5.32 Å². The van der Waals surface area contributed by atoms with Gasteiger partial charge >= 0.3 is 0 Å². The Morgan fingerprint density at radius 3 is 2.53 bits per heavy atom. The number of alkyl halides is 1. The first-order valence-electron chi connectivity index (χ1n) is 4.32. The number of anilines is 1. The average Bonchev–Trinajstić information content (AvgIpc) is 2.13. The van der Waals surface area contributed by atoms with Crippen LogP contribution in [0.1, 0.15) is 12.5 Å². The van der Waals surface area contributed by atoms with Crippen molar-refractivity contribution in [1.29, 1.82) is 0 Å². The van der Waals surface area contributed by atoms with Gasteiger partial charge in [0.1, 0.15) is 17.0 Å². The number of nitrogens with one attached hydrogen (secondary N) is 1. The van der Waals surface area contributed by atoms with E-state index in [0.29, 0.717) is 0 Å². The number of hydrogen-bond donors (Lipinski definition) is 1. The van der Waals surface area contributed by atoms with Gasteiger partial charge in [-0.25, -0.2) is 8.78 Å². The molecule has 0 aliphatic carbocycles. The van der Waals surface area contributed by atoms with Gasteiger partial charge in [-0.15, -0.1) is 11.6 Å². The van der Waals surface area contributed by atoms with Crippen molar-refractivity contribution in [3.05, 3.63) is 29.3 Å². The topological polar surface area (TPSA) is 29.1 Å². The zero-order valence-corrected chi connectivity index (χ0v) is 9.03. The lowest BCUT2D eigenvalue weighted by Crippen LogP contribution is -2.21. The van der Waals surface area contributed by atoms with Gasteiger partial charge in [-0.3, -0.25) is 4.79 Å². The fourth-order valence-corrected chi connectivity index (χ4v) is 1.03. The van der Waals surface area contributed by atoms with Gasteiger partial charge in [0.15, 0.2) is 0 Å². The molecule has 0 aliphatic rings. The minimum Gasteiger partial charge on any atom is -0.322 e. The van der Waals surface area contributed by atoms with Gasteiger partial charge in [0.25, 0.3) is 0 Å². The molecule has 1 aromatic rings. The Hall–Kier alpha value is -1.16. The highest BCUT2D eigenvalue weighted by molar-refractivity contribution is 6.32. The molecule has 0 bridgehead atoms. The van der Waals surface area contributed by atoms with Gasteiger partial charge < -0.3 is 5.32 Å².